The van der Waals surface area contributed by atoms with Crippen molar-refractivity contribution in [2.75, 3.05) is 20.3 Å². The Kier molecular flexibility index (Phi) is 12.3. The van der Waals surface area contributed by atoms with Gasteiger partial charge in [0.05, 0.1) is 36.6 Å². The summed E-state index contributed by atoms with van der Waals surface area (Å²) in [5.41, 5.74) is 7.02. The lowest BCUT2D eigenvalue weighted by atomic mass is 9.97. The number of carbonyl (C=O) groups excluding carboxylic acids is 6. The van der Waals surface area contributed by atoms with Gasteiger partial charge in [0, 0.05) is 55.2 Å². The average Bonchev–Trinajstić information content (AvgIpc) is 4.03. The van der Waals surface area contributed by atoms with Gasteiger partial charge in [-0.05, 0) is 99.2 Å². The molecule has 61 heavy (non-hydrogen) atoms. The summed E-state index contributed by atoms with van der Waals surface area (Å²) in [6.45, 7) is 3.69. The van der Waals surface area contributed by atoms with E-state index in [2.05, 4.69) is 44.9 Å². The minimum Gasteiger partial charge on any atom is -0.496 e. The van der Waals surface area contributed by atoms with Crippen LogP contribution in [0.25, 0.3) is 11.3 Å². The largest absolute Gasteiger partial charge is 0.496 e. The molecule has 1 aromatic heterocycles. The molecule has 3 N–H and O–H groups in total. The molecule has 4 aliphatic rings. The highest BCUT2D eigenvalue weighted by Crippen LogP contribution is 2.36. The number of aromatic nitrogens is 2. The number of nitrogens with zero attached hydrogens (tertiary/aromatic N) is 3. The normalized spacial score (nSPS) is 17.8. The predicted molar refractivity (Wildman–Crippen MR) is 225 cm³/mol. The number of hydrogen-bond acceptors (Lipinski definition) is 9. The summed E-state index contributed by atoms with van der Waals surface area (Å²) in [7, 11) is 1.57. The molecule has 6 amide bonds. The van der Waals surface area contributed by atoms with Gasteiger partial charge in [-0.2, -0.15) is 0 Å². The Labute approximate surface area is 354 Å². The minimum absolute atomic E-state index is 0.0377. The Morgan fingerprint density at radius 3 is 2.57 bits per heavy atom. The average molecular weight is 829 g/mol. The molecule has 0 spiro atoms. The molecule has 318 valence electrons. The second kappa shape index (κ2) is 18.1. The molecular weight excluding hydrogens is 777 g/mol. The number of fused-ring (bicyclic) bond motifs is 3. The fourth-order valence-electron chi connectivity index (χ4n) is 9.02. The number of piperidine rings is 1. The Balaban J connectivity index is 0.753. The lowest BCUT2D eigenvalue weighted by Gasteiger charge is -2.27. The van der Waals surface area contributed by atoms with Crippen LogP contribution in [0.15, 0.2) is 54.7 Å². The van der Waals surface area contributed by atoms with E-state index < -0.39 is 29.7 Å². The van der Waals surface area contributed by atoms with E-state index in [9.17, 15) is 28.8 Å². The van der Waals surface area contributed by atoms with Crippen LogP contribution in [0.4, 0.5) is 0 Å². The fraction of sp³-hybridized carbons (Fsp3) is 0.426. The molecule has 2 atom stereocenters. The van der Waals surface area contributed by atoms with Crippen molar-refractivity contribution in [3.05, 3.63) is 99.5 Å². The molecule has 1 unspecified atom stereocenters. The van der Waals surface area contributed by atoms with E-state index in [-0.39, 0.29) is 36.3 Å². The summed E-state index contributed by atoms with van der Waals surface area (Å²) in [4.78, 5) is 82.6. The number of benzene rings is 3. The Morgan fingerprint density at radius 2 is 1.75 bits per heavy atom. The van der Waals surface area contributed by atoms with Crippen molar-refractivity contribution < 1.29 is 38.2 Å². The zero-order valence-electron chi connectivity index (χ0n) is 34.8. The molecular formula is C47H52N6O8. The van der Waals surface area contributed by atoms with Crippen molar-refractivity contribution in [2.45, 2.75) is 109 Å². The van der Waals surface area contributed by atoms with Gasteiger partial charge in [-0.3, -0.25) is 39.0 Å². The lowest BCUT2D eigenvalue weighted by molar-refractivity contribution is -0.136. The molecule has 1 aliphatic carbocycles. The Bertz CT molecular complexity index is 2380. The molecule has 14 heteroatoms. The number of amides is 6. The summed E-state index contributed by atoms with van der Waals surface area (Å²) in [6, 6.07) is 14.0. The highest BCUT2D eigenvalue weighted by molar-refractivity contribution is 6.24. The number of unbranched alkanes of at least 4 members (excludes halogenated alkanes) is 3. The van der Waals surface area contributed by atoms with E-state index in [1.807, 2.05) is 13.0 Å². The molecule has 1 saturated heterocycles. The summed E-state index contributed by atoms with van der Waals surface area (Å²) in [5, 5.41) is 8.44. The number of hydrogen-bond donors (Lipinski definition) is 3. The SMILES string of the molecule is COc1cc(C(=O)N[C@@H]2CCc3ccc(-c4cn5c(n4)CCC5)cc32)cc(OCCCNC(=O)CCCCCCc2cccc3c2C(=O)N(C2CCC(=O)NC2=O)C3=O)c1C. The van der Waals surface area contributed by atoms with Crippen LogP contribution in [0, 0.1) is 6.92 Å². The predicted octanol–water partition coefficient (Wildman–Crippen LogP) is 5.71. The monoisotopic (exact) mass is 828 g/mol. The van der Waals surface area contributed by atoms with E-state index in [0.29, 0.717) is 61.5 Å². The van der Waals surface area contributed by atoms with E-state index >= 15 is 0 Å². The summed E-state index contributed by atoms with van der Waals surface area (Å²) >= 11 is 0. The number of imide groups is 2. The zero-order valence-corrected chi connectivity index (χ0v) is 34.8. The topological polar surface area (TPSA) is 178 Å². The van der Waals surface area contributed by atoms with Crippen LogP contribution in [0.3, 0.4) is 0 Å². The first-order valence-electron chi connectivity index (χ1n) is 21.5. The van der Waals surface area contributed by atoms with Gasteiger partial charge in [0.15, 0.2) is 0 Å². The van der Waals surface area contributed by atoms with Crippen LogP contribution < -0.4 is 25.4 Å². The minimum atomic E-state index is -0.993. The number of ether oxygens (including phenoxy) is 2. The van der Waals surface area contributed by atoms with Crippen LogP contribution in [0.1, 0.15) is 129 Å². The first kappa shape index (κ1) is 41.4. The first-order chi connectivity index (χ1) is 29.6. The van der Waals surface area contributed by atoms with Crippen LogP contribution in [0.5, 0.6) is 11.5 Å². The van der Waals surface area contributed by atoms with Crippen molar-refractivity contribution in [3.63, 3.8) is 0 Å². The molecule has 3 aromatic carbocycles. The second-order valence-corrected chi connectivity index (χ2v) is 16.4. The van der Waals surface area contributed by atoms with Gasteiger partial charge in [-0.15, -0.1) is 0 Å². The Morgan fingerprint density at radius 1 is 0.918 bits per heavy atom. The van der Waals surface area contributed by atoms with Gasteiger partial charge in [-0.1, -0.05) is 37.1 Å². The third-order valence-electron chi connectivity index (χ3n) is 12.3. The number of nitrogens with one attached hydrogen (secondary N) is 3. The van der Waals surface area contributed by atoms with Gasteiger partial charge in [0.25, 0.3) is 17.7 Å². The van der Waals surface area contributed by atoms with Gasteiger partial charge in [0.2, 0.25) is 17.7 Å². The van der Waals surface area contributed by atoms with Gasteiger partial charge in [-0.25, -0.2) is 4.98 Å². The third-order valence-corrected chi connectivity index (χ3v) is 12.3. The third kappa shape index (κ3) is 8.80. The van der Waals surface area contributed by atoms with E-state index in [4.69, 9.17) is 14.5 Å². The lowest BCUT2D eigenvalue weighted by Crippen LogP contribution is -2.54. The molecule has 0 radical (unpaired) electrons. The maximum absolute atomic E-state index is 13.7. The molecule has 4 aromatic rings. The molecule has 14 nitrogen and oxygen atoms in total. The zero-order chi connectivity index (χ0) is 42.6. The molecule has 3 aliphatic heterocycles. The van der Waals surface area contributed by atoms with Crippen molar-refractivity contribution in [3.8, 4) is 22.8 Å². The molecule has 4 heterocycles. The molecule has 8 rings (SSSR count). The van der Waals surface area contributed by atoms with E-state index in [1.165, 1.54) is 5.56 Å². The Hall–Kier alpha value is -6.31. The van der Waals surface area contributed by atoms with E-state index in [0.717, 1.165) is 90.2 Å². The molecule has 1 fully saturated rings. The van der Waals surface area contributed by atoms with Crippen molar-refractivity contribution >= 4 is 35.4 Å². The first-order valence-corrected chi connectivity index (χ1v) is 21.5. The standard InChI is InChI=1S/C47H52N6O8/c1-28-38(60-2)25-32(44(56)50-35-18-17-29-15-16-31(24-34(29)35)36-27-52-22-8-13-40(52)49-36)26-39(28)61-23-9-21-48-41(54)14-6-4-3-5-10-30-11-7-12-33-43(30)47(59)53(46(33)58)37-19-20-42(55)51-45(37)57/h7,11-12,15-16,24-27,35,37H,3-6,8-10,13-14,17-23H2,1-2H3,(H,48,54)(H,50,56)(H,51,55,57)/t35-,37?/m1/s1. The van der Waals surface area contributed by atoms with Crippen molar-refractivity contribution in [2.24, 2.45) is 0 Å². The summed E-state index contributed by atoms with van der Waals surface area (Å²) in [6.07, 6.45) is 10.9. The van der Waals surface area contributed by atoms with Gasteiger partial charge >= 0.3 is 0 Å². The quantitative estimate of drug-likeness (QED) is 0.0889. The smallest absolute Gasteiger partial charge is 0.262 e. The second-order valence-electron chi connectivity index (χ2n) is 16.4. The van der Waals surface area contributed by atoms with Crippen LogP contribution in [0.2, 0.25) is 0 Å². The van der Waals surface area contributed by atoms with Crippen LogP contribution >= 0.6 is 0 Å². The number of aryl methyl sites for hydroxylation is 4. The number of imidazole rings is 1. The van der Waals surface area contributed by atoms with Crippen molar-refractivity contribution in [1.82, 2.24) is 30.4 Å². The highest BCUT2D eigenvalue weighted by atomic mass is 16.5. The maximum atomic E-state index is 13.7. The highest BCUT2D eigenvalue weighted by Gasteiger charge is 2.45. The van der Waals surface area contributed by atoms with Gasteiger partial charge in [0.1, 0.15) is 23.4 Å². The molecule has 0 bridgehead atoms. The maximum Gasteiger partial charge on any atom is 0.262 e. The molecule has 0 saturated carbocycles. The number of methoxy groups -OCH3 is 1. The number of carbonyl (C=O) groups is 6. The summed E-state index contributed by atoms with van der Waals surface area (Å²) in [5.74, 6) is -0.0235. The van der Waals surface area contributed by atoms with Gasteiger partial charge < -0.3 is 24.7 Å². The van der Waals surface area contributed by atoms with Crippen molar-refractivity contribution in [1.29, 1.82) is 0 Å². The number of rotatable bonds is 17. The van der Waals surface area contributed by atoms with Crippen LogP contribution in [-0.2, 0) is 40.2 Å². The van der Waals surface area contributed by atoms with E-state index in [1.54, 1.807) is 31.4 Å². The fourth-order valence-corrected chi connectivity index (χ4v) is 9.02. The van der Waals surface area contributed by atoms with Crippen LogP contribution in [-0.4, -0.2) is 76.2 Å². The summed E-state index contributed by atoms with van der Waals surface area (Å²) < 4.78 is 14.0.